The summed E-state index contributed by atoms with van der Waals surface area (Å²) in [6.07, 6.45) is 6.97. The molecule has 2 heterocycles. The van der Waals surface area contributed by atoms with Crippen LogP contribution in [0, 0.1) is 0 Å². The Morgan fingerprint density at radius 3 is 2.88 bits per heavy atom. The summed E-state index contributed by atoms with van der Waals surface area (Å²) in [5.74, 6) is 0. The van der Waals surface area contributed by atoms with Crippen LogP contribution < -0.4 is 5.73 Å². The second kappa shape index (κ2) is 4.49. The van der Waals surface area contributed by atoms with Crippen LogP contribution in [0.1, 0.15) is 30.6 Å². The molecule has 5 heteroatoms. The lowest BCUT2D eigenvalue weighted by atomic mass is 10.1. The minimum atomic E-state index is 0.128. The molecule has 0 aliphatic rings. The van der Waals surface area contributed by atoms with Gasteiger partial charge in [-0.2, -0.15) is 0 Å². The van der Waals surface area contributed by atoms with Crippen molar-refractivity contribution >= 4 is 0 Å². The molecule has 16 heavy (non-hydrogen) atoms. The fourth-order valence-corrected chi connectivity index (χ4v) is 1.67. The van der Waals surface area contributed by atoms with Gasteiger partial charge in [-0.25, -0.2) is 0 Å². The number of aryl methyl sites for hydroxylation is 1. The maximum atomic E-state index is 5.96. The van der Waals surface area contributed by atoms with Crippen LogP contribution in [0.15, 0.2) is 24.7 Å². The lowest BCUT2D eigenvalue weighted by Crippen LogP contribution is -2.07. The first kappa shape index (κ1) is 10.9. The standard InChI is InChI=1S/C11H17N5/c1-3-11(12)9-4-5-16(6-9)8-10-7-15(2)14-13-10/h4-7,11H,3,8,12H2,1-2H3. The van der Waals surface area contributed by atoms with Crippen LogP contribution in [0.5, 0.6) is 0 Å². The Kier molecular flexibility index (Phi) is 3.05. The first-order valence-corrected chi connectivity index (χ1v) is 5.45. The zero-order valence-corrected chi connectivity index (χ0v) is 9.67. The van der Waals surface area contributed by atoms with E-state index < -0.39 is 0 Å². The molecule has 1 unspecified atom stereocenters. The molecular weight excluding hydrogens is 202 g/mol. The molecule has 2 rings (SSSR count). The zero-order chi connectivity index (χ0) is 11.5. The lowest BCUT2D eigenvalue weighted by molar-refractivity contribution is 0.690. The molecule has 0 bridgehead atoms. The highest BCUT2D eigenvalue weighted by Gasteiger charge is 2.06. The molecule has 86 valence electrons. The number of aromatic nitrogens is 4. The highest BCUT2D eigenvalue weighted by Crippen LogP contribution is 2.14. The molecule has 0 saturated carbocycles. The fourth-order valence-electron chi connectivity index (χ4n) is 1.67. The average molecular weight is 219 g/mol. The Labute approximate surface area is 94.9 Å². The van der Waals surface area contributed by atoms with E-state index in [9.17, 15) is 0 Å². The molecule has 0 spiro atoms. The number of hydrogen-bond donors (Lipinski definition) is 1. The summed E-state index contributed by atoms with van der Waals surface area (Å²) >= 11 is 0. The van der Waals surface area contributed by atoms with E-state index in [0.29, 0.717) is 0 Å². The van der Waals surface area contributed by atoms with Crippen molar-refractivity contribution in [3.63, 3.8) is 0 Å². The first-order valence-electron chi connectivity index (χ1n) is 5.45. The molecule has 0 fully saturated rings. The summed E-state index contributed by atoms with van der Waals surface area (Å²) in [5.41, 5.74) is 8.09. The van der Waals surface area contributed by atoms with E-state index in [0.717, 1.165) is 18.7 Å². The van der Waals surface area contributed by atoms with E-state index >= 15 is 0 Å². The van der Waals surface area contributed by atoms with Gasteiger partial charge in [-0.05, 0) is 18.1 Å². The Balaban J connectivity index is 2.08. The summed E-state index contributed by atoms with van der Waals surface area (Å²) in [6.45, 7) is 2.83. The van der Waals surface area contributed by atoms with Crippen LogP contribution >= 0.6 is 0 Å². The Bertz CT molecular complexity index is 456. The van der Waals surface area contributed by atoms with Crippen molar-refractivity contribution in [1.82, 2.24) is 19.6 Å². The first-order chi connectivity index (χ1) is 7.69. The quantitative estimate of drug-likeness (QED) is 0.836. The van der Waals surface area contributed by atoms with Gasteiger partial charge >= 0.3 is 0 Å². The predicted octanol–water partition coefficient (Wildman–Crippen LogP) is 1.07. The maximum Gasteiger partial charge on any atom is 0.102 e. The highest BCUT2D eigenvalue weighted by molar-refractivity contribution is 5.15. The molecule has 0 radical (unpaired) electrons. The molecule has 2 N–H and O–H groups in total. The van der Waals surface area contributed by atoms with Gasteiger partial charge in [0.2, 0.25) is 0 Å². The number of rotatable bonds is 4. The molecule has 1 atom stereocenters. The van der Waals surface area contributed by atoms with Crippen molar-refractivity contribution < 1.29 is 0 Å². The number of hydrogen-bond acceptors (Lipinski definition) is 3. The smallest absolute Gasteiger partial charge is 0.102 e. The molecule has 0 amide bonds. The third-order valence-electron chi connectivity index (χ3n) is 2.64. The van der Waals surface area contributed by atoms with Crippen LogP contribution in [0.25, 0.3) is 0 Å². The van der Waals surface area contributed by atoms with Crippen molar-refractivity contribution in [2.24, 2.45) is 12.8 Å². The normalized spacial score (nSPS) is 12.9. The van der Waals surface area contributed by atoms with E-state index in [2.05, 4.69) is 34.1 Å². The number of nitrogens with zero attached hydrogens (tertiary/aromatic N) is 4. The van der Waals surface area contributed by atoms with Gasteiger partial charge in [0.25, 0.3) is 0 Å². The van der Waals surface area contributed by atoms with Crippen LogP contribution in [0.2, 0.25) is 0 Å². The minimum Gasteiger partial charge on any atom is -0.348 e. The summed E-state index contributed by atoms with van der Waals surface area (Å²) in [6, 6.07) is 2.19. The second-order valence-electron chi connectivity index (χ2n) is 4.02. The Hall–Kier alpha value is -1.62. The predicted molar refractivity (Wildman–Crippen MR) is 61.8 cm³/mol. The maximum absolute atomic E-state index is 5.96. The van der Waals surface area contributed by atoms with Crippen LogP contribution in [0.3, 0.4) is 0 Å². The van der Waals surface area contributed by atoms with Crippen molar-refractivity contribution in [2.45, 2.75) is 25.9 Å². The van der Waals surface area contributed by atoms with E-state index in [4.69, 9.17) is 5.73 Å². The molecule has 2 aromatic heterocycles. The van der Waals surface area contributed by atoms with Crippen molar-refractivity contribution in [2.75, 3.05) is 0 Å². The zero-order valence-electron chi connectivity index (χ0n) is 9.67. The van der Waals surface area contributed by atoms with Gasteiger partial charge in [-0.1, -0.05) is 12.1 Å². The highest BCUT2D eigenvalue weighted by atomic mass is 15.4. The molecule has 0 aliphatic heterocycles. The number of nitrogens with two attached hydrogens (primary N) is 1. The SMILES string of the molecule is CCC(N)c1ccn(Cc2cn(C)nn2)c1. The van der Waals surface area contributed by atoms with Gasteiger partial charge in [0, 0.05) is 31.7 Å². The summed E-state index contributed by atoms with van der Waals surface area (Å²) in [4.78, 5) is 0. The minimum absolute atomic E-state index is 0.128. The van der Waals surface area contributed by atoms with E-state index in [1.807, 2.05) is 19.4 Å². The third kappa shape index (κ3) is 2.30. The van der Waals surface area contributed by atoms with Crippen LogP contribution in [-0.4, -0.2) is 19.6 Å². The molecule has 0 aromatic carbocycles. The van der Waals surface area contributed by atoms with Crippen LogP contribution in [0.4, 0.5) is 0 Å². The average Bonchev–Trinajstić information content (AvgIpc) is 2.87. The van der Waals surface area contributed by atoms with Gasteiger partial charge in [0.1, 0.15) is 5.69 Å². The van der Waals surface area contributed by atoms with Crippen molar-refractivity contribution in [1.29, 1.82) is 0 Å². The topological polar surface area (TPSA) is 61.7 Å². The summed E-state index contributed by atoms with van der Waals surface area (Å²) < 4.78 is 3.78. The van der Waals surface area contributed by atoms with Gasteiger partial charge in [0.15, 0.2) is 0 Å². The lowest BCUT2D eigenvalue weighted by Gasteiger charge is -2.04. The molecule has 0 aliphatic carbocycles. The molecule has 5 nitrogen and oxygen atoms in total. The largest absolute Gasteiger partial charge is 0.348 e. The molecular formula is C11H17N5. The molecule has 2 aromatic rings. The van der Waals surface area contributed by atoms with E-state index in [1.165, 1.54) is 5.56 Å². The Morgan fingerprint density at radius 1 is 1.44 bits per heavy atom. The van der Waals surface area contributed by atoms with Gasteiger partial charge in [0.05, 0.1) is 6.54 Å². The van der Waals surface area contributed by atoms with Gasteiger partial charge in [-0.15, -0.1) is 5.10 Å². The van der Waals surface area contributed by atoms with E-state index in [-0.39, 0.29) is 6.04 Å². The van der Waals surface area contributed by atoms with Gasteiger partial charge in [-0.3, -0.25) is 4.68 Å². The molecule has 0 saturated heterocycles. The summed E-state index contributed by atoms with van der Waals surface area (Å²) in [7, 11) is 1.87. The summed E-state index contributed by atoms with van der Waals surface area (Å²) in [5, 5.41) is 7.95. The van der Waals surface area contributed by atoms with Crippen LogP contribution in [-0.2, 0) is 13.6 Å². The second-order valence-corrected chi connectivity index (χ2v) is 4.02. The monoisotopic (exact) mass is 219 g/mol. The Morgan fingerprint density at radius 2 is 2.25 bits per heavy atom. The fraction of sp³-hybridized carbons (Fsp3) is 0.455. The van der Waals surface area contributed by atoms with Crippen molar-refractivity contribution in [3.05, 3.63) is 35.9 Å². The van der Waals surface area contributed by atoms with Crippen molar-refractivity contribution in [3.8, 4) is 0 Å². The third-order valence-corrected chi connectivity index (χ3v) is 2.64. The van der Waals surface area contributed by atoms with E-state index in [1.54, 1.807) is 4.68 Å². The van der Waals surface area contributed by atoms with Gasteiger partial charge < -0.3 is 10.3 Å².